The van der Waals surface area contributed by atoms with E-state index in [0.29, 0.717) is 11.3 Å². The van der Waals surface area contributed by atoms with Gasteiger partial charge in [-0.25, -0.2) is 4.39 Å². The molecule has 106 valence electrons. The minimum absolute atomic E-state index is 0.317. The standard InChI is InChI=1S/C17H20FNO/c1-4-12-5-7-13(8-6-12)17(2,19)15-11-14(18)9-10-16(15)20-3/h5-11H,4,19H2,1-3H3. The van der Waals surface area contributed by atoms with Crippen molar-refractivity contribution in [3.8, 4) is 5.75 Å². The Bertz CT molecular complexity index is 590. The maximum Gasteiger partial charge on any atom is 0.124 e. The Balaban J connectivity index is 2.50. The molecule has 1 unspecified atom stereocenters. The number of nitrogens with two attached hydrogens (primary N) is 1. The monoisotopic (exact) mass is 273 g/mol. The molecular weight excluding hydrogens is 253 g/mol. The summed E-state index contributed by atoms with van der Waals surface area (Å²) in [4.78, 5) is 0. The Labute approximate surface area is 119 Å². The second kappa shape index (κ2) is 5.63. The Kier molecular flexibility index (Phi) is 4.09. The lowest BCUT2D eigenvalue weighted by Crippen LogP contribution is -2.34. The molecule has 3 heteroatoms. The molecule has 0 heterocycles. The Morgan fingerprint density at radius 3 is 2.35 bits per heavy atom. The van der Waals surface area contributed by atoms with E-state index >= 15 is 0 Å². The van der Waals surface area contributed by atoms with Crippen LogP contribution in [-0.2, 0) is 12.0 Å². The van der Waals surface area contributed by atoms with E-state index in [4.69, 9.17) is 10.5 Å². The topological polar surface area (TPSA) is 35.2 Å². The summed E-state index contributed by atoms with van der Waals surface area (Å²) in [6, 6.07) is 12.5. The van der Waals surface area contributed by atoms with Crippen molar-refractivity contribution >= 4 is 0 Å². The van der Waals surface area contributed by atoms with E-state index in [0.717, 1.165) is 12.0 Å². The van der Waals surface area contributed by atoms with Crippen LogP contribution in [0, 0.1) is 5.82 Å². The molecule has 0 aliphatic heterocycles. The smallest absolute Gasteiger partial charge is 0.124 e. The summed E-state index contributed by atoms with van der Waals surface area (Å²) in [7, 11) is 1.56. The zero-order valence-corrected chi connectivity index (χ0v) is 12.1. The highest BCUT2D eigenvalue weighted by molar-refractivity contribution is 5.46. The third kappa shape index (κ3) is 2.68. The van der Waals surface area contributed by atoms with Gasteiger partial charge in [0.1, 0.15) is 11.6 Å². The molecular formula is C17H20FNO. The van der Waals surface area contributed by atoms with Crippen LogP contribution in [0.2, 0.25) is 0 Å². The fraction of sp³-hybridized carbons (Fsp3) is 0.294. The molecule has 1 atom stereocenters. The molecule has 2 aromatic rings. The van der Waals surface area contributed by atoms with Gasteiger partial charge in [-0.1, -0.05) is 31.2 Å². The minimum Gasteiger partial charge on any atom is -0.496 e. The van der Waals surface area contributed by atoms with Crippen molar-refractivity contribution in [1.82, 2.24) is 0 Å². The minimum atomic E-state index is -0.806. The SMILES string of the molecule is CCc1ccc(C(C)(N)c2cc(F)ccc2OC)cc1. The largest absolute Gasteiger partial charge is 0.496 e. The molecule has 2 N–H and O–H groups in total. The van der Waals surface area contributed by atoms with Gasteiger partial charge in [-0.2, -0.15) is 0 Å². The maximum absolute atomic E-state index is 13.5. The zero-order chi connectivity index (χ0) is 14.8. The second-order valence-electron chi connectivity index (χ2n) is 5.10. The predicted octanol–water partition coefficient (Wildman–Crippen LogP) is 3.62. The maximum atomic E-state index is 13.5. The normalized spacial score (nSPS) is 13.8. The molecule has 2 nitrogen and oxygen atoms in total. The van der Waals surface area contributed by atoms with Crippen LogP contribution in [-0.4, -0.2) is 7.11 Å². The molecule has 0 amide bonds. The van der Waals surface area contributed by atoms with E-state index in [2.05, 4.69) is 6.92 Å². The van der Waals surface area contributed by atoms with Crippen LogP contribution in [0.15, 0.2) is 42.5 Å². The van der Waals surface area contributed by atoms with Crippen molar-refractivity contribution in [3.05, 3.63) is 65.0 Å². The van der Waals surface area contributed by atoms with Gasteiger partial charge >= 0.3 is 0 Å². The van der Waals surface area contributed by atoms with Crippen LogP contribution in [0.1, 0.15) is 30.5 Å². The van der Waals surface area contributed by atoms with Gasteiger partial charge in [-0.3, -0.25) is 0 Å². The summed E-state index contributed by atoms with van der Waals surface area (Å²) in [5, 5.41) is 0. The quantitative estimate of drug-likeness (QED) is 0.923. The van der Waals surface area contributed by atoms with Crippen LogP contribution in [0.25, 0.3) is 0 Å². The van der Waals surface area contributed by atoms with Gasteiger partial charge in [-0.15, -0.1) is 0 Å². The first-order valence-electron chi connectivity index (χ1n) is 6.71. The summed E-state index contributed by atoms with van der Waals surface area (Å²) >= 11 is 0. The number of aryl methyl sites for hydroxylation is 1. The van der Waals surface area contributed by atoms with Crippen LogP contribution in [0.3, 0.4) is 0 Å². The molecule has 0 radical (unpaired) electrons. The van der Waals surface area contributed by atoms with Crippen LogP contribution >= 0.6 is 0 Å². The summed E-state index contributed by atoms with van der Waals surface area (Å²) in [6.07, 6.45) is 0.977. The van der Waals surface area contributed by atoms with E-state index in [1.807, 2.05) is 31.2 Å². The average Bonchev–Trinajstić information content (AvgIpc) is 2.47. The summed E-state index contributed by atoms with van der Waals surface area (Å²) in [6.45, 7) is 3.97. The first-order chi connectivity index (χ1) is 9.48. The van der Waals surface area contributed by atoms with Crippen LogP contribution < -0.4 is 10.5 Å². The fourth-order valence-corrected chi connectivity index (χ4v) is 2.33. The highest BCUT2D eigenvalue weighted by Gasteiger charge is 2.27. The van der Waals surface area contributed by atoms with Crippen molar-refractivity contribution in [1.29, 1.82) is 0 Å². The summed E-state index contributed by atoms with van der Waals surface area (Å²) < 4.78 is 18.8. The van der Waals surface area contributed by atoms with Crippen LogP contribution in [0.4, 0.5) is 4.39 Å². The molecule has 0 aromatic heterocycles. The molecule has 2 aromatic carbocycles. The first-order valence-corrected chi connectivity index (χ1v) is 6.71. The summed E-state index contributed by atoms with van der Waals surface area (Å²) in [5.41, 5.74) is 8.46. The van der Waals surface area contributed by atoms with Crippen molar-refractivity contribution in [3.63, 3.8) is 0 Å². The Morgan fingerprint density at radius 2 is 1.80 bits per heavy atom. The molecule has 0 spiro atoms. The number of ether oxygens (including phenoxy) is 1. The van der Waals surface area contributed by atoms with E-state index in [-0.39, 0.29) is 5.82 Å². The lowest BCUT2D eigenvalue weighted by Gasteiger charge is -2.28. The van der Waals surface area contributed by atoms with Crippen molar-refractivity contribution in [2.24, 2.45) is 5.73 Å². The van der Waals surface area contributed by atoms with Gasteiger partial charge in [0.25, 0.3) is 0 Å². The van der Waals surface area contributed by atoms with Crippen molar-refractivity contribution < 1.29 is 9.13 Å². The number of methoxy groups -OCH3 is 1. The Hall–Kier alpha value is -1.87. The lowest BCUT2D eigenvalue weighted by atomic mass is 9.84. The van der Waals surface area contributed by atoms with Crippen molar-refractivity contribution in [2.75, 3.05) is 7.11 Å². The number of rotatable bonds is 4. The van der Waals surface area contributed by atoms with Crippen molar-refractivity contribution in [2.45, 2.75) is 25.8 Å². The third-order valence-electron chi connectivity index (χ3n) is 3.68. The Morgan fingerprint density at radius 1 is 1.15 bits per heavy atom. The molecule has 0 aliphatic rings. The molecule has 0 fully saturated rings. The number of halogens is 1. The molecule has 20 heavy (non-hydrogen) atoms. The van der Waals surface area contributed by atoms with Gasteiger partial charge in [0, 0.05) is 5.56 Å². The van der Waals surface area contributed by atoms with E-state index in [9.17, 15) is 4.39 Å². The molecule has 2 rings (SSSR count). The molecule has 0 bridgehead atoms. The van der Waals surface area contributed by atoms with Crippen LogP contribution in [0.5, 0.6) is 5.75 Å². The molecule has 0 saturated heterocycles. The molecule has 0 saturated carbocycles. The van der Waals surface area contributed by atoms with Gasteiger partial charge in [0.05, 0.1) is 12.6 Å². The van der Waals surface area contributed by atoms with Gasteiger partial charge < -0.3 is 10.5 Å². The zero-order valence-electron chi connectivity index (χ0n) is 12.1. The third-order valence-corrected chi connectivity index (χ3v) is 3.68. The lowest BCUT2D eigenvalue weighted by molar-refractivity contribution is 0.397. The van der Waals surface area contributed by atoms with Gasteiger partial charge in [0.2, 0.25) is 0 Å². The molecule has 0 aliphatic carbocycles. The number of hydrogen-bond donors (Lipinski definition) is 1. The number of hydrogen-bond acceptors (Lipinski definition) is 2. The predicted molar refractivity (Wildman–Crippen MR) is 79.4 cm³/mol. The van der Waals surface area contributed by atoms with Gasteiger partial charge in [-0.05, 0) is 42.7 Å². The van der Waals surface area contributed by atoms with E-state index < -0.39 is 5.54 Å². The highest BCUT2D eigenvalue weighted by Crippen LogP contribution is 2.34. The van der Waals surface area contributed by atoms with E-state index in [1.165, 1.54) is 17.7 Å². The van der Waals surface area contributed by atoms with Gasteiger partial charge in [0.15, 0.2) is 0 Å². The second-order valence-corrected chi connectivity index (χ2v) is 5.10. The highest BCUT2D eigenvalue weighted by atomic mass is 19.1. The average molecular weight is 273 g/mol. The first kappa shape index (κ1) is 14.5. The number of benzene rings is 2. The fourth-order valence-electron chi connectivity index (χ4n) is 2.33. The summed E-state index contributed by atoms with van der Waals surface area (Å²) in [5.74, 6) is 0.277. The van der Waals surface area contributed by atoms with E-state index in [1.54, 1.807) is 13.2 Å².